The summed E-state index contributed by atoms with van der Waals surface area (Å²) in [5.74, 6) is 0.472. The second-order valence-corrected chi connectivity index (χ2v) is 5.89. The monoisotopic (exact) mass is 289 g/mol. The minimum Gasteiger partial charge on any atom is -0.290 e. The maximum atomic E-state index is 14.2. The van der Waals surface area contributed by atoms with Crippen LogP contribution in [-0.4, -0.2) is 20.5 Å². The molecule has 2 heterocycles. The fraction of sp³-hybridized carbons (Fsp3) is 0.562. The second kappa shape index (κ2) is 5.20. The molecule has 5 heteroatoms. The van der Waals surface area contributed by atoms with E-state index < -0.39 is 6.17 Å². The summed E-state index contributed by atoms with van der Waals surface area (Å²) < 4.78 is 15.8. The molecule has 1 saturated carbocycles. The number of ketones is 1. The SMILES string of the molecule is C=C/C(=C(/C)CC)C1CC(F)c2nc(C(=O)C3CC3)nn21. The van der Waals surface area contributed by atoms with Crippen molar-refractivity contribution in [2.75, 3.05) is 0 Å². The largest absolute Gasteiger partial charge is 0.290 e. The predicted octanol–water partition coefficient (Wildman–Crippen LogP) is 3.74. The highest BCUT2D eigenvalue weighted by Crippen LogP contribution is 2.41. The van der Waals surface area contributed by atoms with Gasteiger partial charge < -0.3 is 0 Å². The van der Waals surface area contributed by atoms with E-state index in [-0.39, 0.29) is 29.4 Å². The summed E-state index contributed by atoms with van der Waals surface area (Å²) in [5, 5.41) is 4.30. The van der Waals surface area contributed by atoms with Crippen molar-refractivity contribution >= 4 is 5.78 Å². The Morgan fingerprint density at radius 2 is 2.24 bits per heavy atom. The number of aromatic nitrogens is 3. The van der Waals surface area contributed by atoms with Gasteiger partial charge in [-0.3, -0.25) is 4.79 Å². The van der Waals surface area contributed by atoms with Gasteiger partial charge in [0.25, 0.3) is 0 Å². The number of carbonyl (C=O) groups excluding carboxylic acids is 1. The van der Waals surface area contributed by atoms with Crippen LogP contribution in [0.2, 0.25) is 0 Å². The number of halogens is 1. The standard InChI is InChI=1S/C16H20FN3O/c1-4-9(3)11(5-2)13-8-12(17)16-18-15(19-20(13)16)14(21)10-6-7-10/h5,10,12-13H,2,4,6-8H2,1,3H3/b11-9+. The van der Waals surface area contributed by atoms with Gasteiger partial charge >= 0.3 is 0 Å². The topological polar surface area (TPSA) is 47.8 Å². The first-order chi connectivity index (χ1) is 10.1. The third-order valence-electron chi connectivity index (χ3n) is 4.43. The fourth-order valence-corrected chi connectivity index (χ4v) is 2.87. The highest BCUT2D eigenvalue weighted by atomic mass is 19.1. The van der Waals surface area contributed by atoms with Gasteiger partial charge in [-0.25, -0.2) is 14.1 Å². The van der Waals surface area contributed by atoms with Crippen LogP contribution in [0.1, 0.15) is 68.2 Å². The molecule has 0 N–H and O–H groups in total. The van der Waals surface area contributed by atoms with Gasteiger partial charge in [0, 0.05) is 12.3 Å². The normalized spacial score (nSPS) is 25.5. The van der Waals surface area contributed by atoms with Crippen LogP contribution in [-0.2, 0) is 0 Å². The molecule has 1 fully saturated rings. The number of Topliss-reactive ketones (excluding diaryl/α,β-unsaturated/α-hetero) is 1. The van der Waals surface area contributed by atoms with Crippen molar-refractivity contribution in [2.24, 2.45) is 5.92 Å². The molecular formula is C16H20FN3O. The summed E-state index contributed by atoms with van der Waals surface area (Å²) in [5.41, 5.74) is 2.16. The van der Waals surface area contributed by atoms with Crippen molar-refractivity contribution in [3.05, 3.63) is 35.4 Å². The Labute approximate surface area is 123 Å². The lowest BCUT2D eigenvalue weighted by Gasteiger charge is -2.15. The molecule has 1 aliphatic heterocycles. The Balaban J connectivity index is 1.98. The first-order valence-corrected chi connectivity index (χ1v) is 7.53. The number of fused-ring (bicyclic) bond motifs is 1. The zero-order valence-electron chi connectivity index (χ0n) is 12.5. The molecule has 0 saturated heterocycles. The molecule has 0 radical (unpaired) electrons. The van der Waals surface area contributed by atoms with Crippen LogP contribution in [0.3, 0.4) is 0 Å². The Bertz CT molecular complexity index is 627. The molecule has 0 amide bonds. The average Bonchev–Trinajstić information content (AvgIpc) is 3.16. The van der Waals surface area contributed by atoms with Gasteiger partial charge in [0.2, 0.25) is 11.6 Å². The number of allylic oxidation sites excluding steroid dienone is 3. The molecule has 2 unspecified atom stereocenters. The van der Waals surface area contributed by atoms with Gasteiger partial charge in [-0.05, 0) is 31.8 Å². The summed E-state index contributed by atoms with van der Waals surface area (Å²) in [6.45, 7) is 7.93. The smallest absolute Gasteiger partial charge is 0.217 e. The highest BCUT2D eigenvalue weighted by molar-refractivity contribution is 5.95. The van der Waals surface area contributed by atoms with Crippen LogP contribution in [0.4, 0.5) is 4.39 Å². The molecule has 21 heavy (non-hydrogen) atoms. The van der Waals surface area contributed by atoms with Gasteiger partial charge in [-0.15, -0.1) is 5.10 Å². The lowest BCUT2D eigenvalue weighted by molar-refractivity contribution is 0.0956. The Kier molecular flexibility index (Phi) is 3.51. The molecule has 1 aromatic heterocycles. The van der Waals surface area contributed by atoms with Crippen molar-refractivity contribution in [3.8, 4) is 0 Å². The Morgan fingerprint density at radius 3 is 2.81 bits per heavy atom. The van der Waals surface area contributed by atoms with E-state index in [0.29, 0.717) is 6.42 Å². The first kappa shape index (κ1) is 14.2. The summed E-state index contributed by atoms with van der Waals surface area (Å²) in [4.78, 5) is 16.2. The average molecular weight is 289 g/mol. The predicted molar refractivity (Wildman–Crippen MR) is 77.8 cm³/mol. The van der Waals surface area contributed by atoms with E-state index in [1.807, 2.05) is 6.92 Å². The molecule has 1 aromatic rings. The molecule has 0 spiro atoms. The van der Waals surface area contributed by atoms with E-state index in [2.05, 4.69) is 23.6 Å². The number of carbonyl (C=O) groups is 1. The maximum absolute atomic E-state index is 14.2. The second-order valence-electron chi connectivity index (χ2n) is 5.89. The number of hydrogen-bond donors (Lipinski definition) is 0. The van der Waals surface area contributed by atoms with Gasteiger partial charge in [0.15, 0.2) is 12.0 Å². The van der Waals surface area contributed by atoms with E-state index in [1.165, 1.54) is 5.57 Å². The molecule has 0 aromatic carbocycles. The number of rotatable bonds is 5. The van der Waals surface area contributed by atoms with Crippen molar-refractivity contribution in [1.82, 2.24) is 14.8 Å². The van der Waals surface area contributed by atoms with Gasteiger partial charge in [0.05, 0.1) is 6.04 Å². The van der Waals surface area contributed by atoms with Crippen LogP contribution in [0.15, 0.2) is 23.8 Å². The summed E-state index contributed by atoms with van der Waals surface area (Å²) in [6.07, 6.45) is 3.62. The molecule has 1 aliphatic carbocycles. The lowest BCUT2D eigenvalue weighted by Crippen LogP contribution is -2.11. The van der Waals surface area contributed by atoms with E-state index in [0.717, 1.165) is 24.8 Å². The van der Waals surface area contributed by atoms with Crippen molar-refractivity contribution in [2.45, 2.75) is 51.7 Å². The van der Waals surface area contributed by atoms with E-state index in [9.17, 15) is 9.18 Å². The third kappa shape index (κ3) is 2.34. The fourth-order valence-electron chi connectivity index (χ4n) is 2.87. The van der Waals surface area contributed by atoms with E-state index in [4.69, 9.17) is 0 Å². The molecule has 3 rings (SSSR count). The minimum atomic E-state index is -1.16. The third-order valence-corrected chi connectivity index (χ3v) is 4.43. The maximum Gasteiger partial charge on any atom is 0.217 e. The van der Waals surface area contributed by atoms with Crippen molar-refractivity contribution < 1.29 is 9.18 Å². The zero-order chi connectivity index (χ0) is 15.1. The van der Waals surface area contributed by atoms with Crippen LogP contribution in [0, 0.1) is 5.92 Å². The summed E-state index contributed by atoms with van der Waals surface area (Å²) in [6, 6.07) is -0.194. The quantitative estimate of drug-likeness (QED) is 0.613. The Hall–Kier alpha value is -1.78. The summed E-state index contributed by atoms with van der Waals surface area (Å²) >= 11 is 0. The molecule has 2 aliphatic rings. The molecule has 112 valence electrons. The number of nitrogens with zero attached hydrogens (tertiary/aromatic N) is 3. The molecule has 2 atom stereocenters. The number of hydrogen-bond acceptors (Lipinski definition) is 3. The van der Waals surface area contributed by atoms with Gasteiger partial charge in [0.1, 0.15) is 0 Å². The van der Waals surface area contributed by atoms with E-state index >= 15 is 0 Å². The van der Waals surface area contributed by atoms with Gasteiger partial charge in [-0.2, -0.15) is 0 Å². The van der Waals surface area contributed by atoms with Crippen molar-refractivity contribution in [1.29, 1.82) is 0 Å². The molecule has 4 nitrogen and oxygen atoms in total. The van der Waals surface area contributed by atoms with Crippen LogP contribution in [0.25, 0.3) is 0 Å². The van der Waals surface area contributed by atoms with Gasteiger partial charge in [-0.1, -0.05) is 25.2 Å². The molecule has 0 bridgehead atoms. The highest BCUT2D eigenvalue weighted by Gasteiger charge is 2.39. The van der Waals surface area contributed by atoms with E-state index in [1.54, 1.807) is 10.8 Å². The Morgan fingerprint density at radius 1 is 1.52 bits per heavy atom. The minimum absolute atomic E-state index is 0.0424. The lowest BCUT2D eigenvalue weighted by atomic mass is 9.98. The zero-order valence-corrected chi connectivity index (χ0v) is 12.5. The first-order valence-electron chi connectivity index (χ1n) is 7.53. The van der Waals surface area contributed by atoms with Crippen LogP contribution >= 0.6 is 0 Å². The molecular weight excluding hydrogens is 269 g/mol. The van der Waals surface area contributed by atoms with Crippen LogP contribution in [0.5, 0.6) is 0 Å². The summed E-state index contributed by atoms with van der Waals surface area (Å²) in [7, 11) is 0. The number of alkyl halides is 1. The van der Waals surface area contributed by atoms with Crippen LogP contribution < -0.4 is 0 Å². The van der Waals surface area contributed by atoms with Crippen molar-refractivity contribution in [3.63, 3.8) is 0 Å².